The normalized spacial score (nSPS) is 18.5. The number of amides is 1. The minimum atomic E-state index is -1.03. The highest BCUT2D eigenvalue weighted by Gasteiger charge is 2.40. The Labute approximate surface area is 191 Å². The number of carbonyl (C=O) groups is 1. The number of aromatic nitrogens is 4. The van der Waals surface area contributed by atoms with Crippen LogP contribution in [0.25, 0.3) is 5.78 Å². The smallest absolute Gasteiger partial charge is 0.274 e. The van der Waals surface area contributed by atoms with E-state index in [1.807, 2.05) is 20.0 Å². The topological polar surface area (TPSA) is 90.5 Å². The quantitative estimate of drug-likeness (QED) is 0.513. The van der Waals surface area contributed by atoms with Crippen molar-refractivity contribution in [1.29, 1.82) is 0 Å². The molecule has 0 aliphatic heterocycles. The van der Waals surface area contributed by atoms with Gasteiger partial charge in [0, 0.05) is 30.9 Å². The lowest BCUT2D eigenvalue weighted by Gasteiger charge is -2.14. The minimum absolute atomic E-state index is 0.0810. The number of hydrogen-bond acceptors (Lipinski definition) is 5. The van der Waals surface area contributed by atoms with E-state index in [0.29, 0.717) is 18.1 Å². The van der Waals surface area contributed by atoms with Crippen molar-refractivity contribution in [2.75, 3.05) is 5.32 Å². The van der Waals surface area contributed by atoms with Crippen molar-refractivity contribution in [3.8, 4) is 5.88 Å². The second kappa shape index (κ2) is 9.33. The molecule has 0 radical (unpaired) electrons. The molecular formula is C24H30FN5O3. The first-order chi connectivity index (χ1) is 15.8. The predicted molar refractivity (Wildman–Crippen MR) is 124 cm³/mol. The third-order valence-electron chi connectivity index (χ3n) is 5.83. The Bertz CT molecular complexity index is 1220. The predicted octanol–water partition coefficient (Wildman–Crippen LogP) is 4.51. The van der Waals surface area contributed by atoms with Gasteiger partial charge in [-0.1, -0.05) is 20.3 Å². The molecule has 1 aliphatic carbocycles. The molecule has 1 fully saturated rings. The van der Waals surface area contributed by atoms with Gasteiger partial charge in [-0.05, 0) is 38.8 Å². The molecule has 1 aliphatic rings. The first kappa shape index (κ1) is 22.9. The molecule has 9 heteroatoms. The number of halogens is 1. The van der Waals surface area contributed by atoms with Crippen LogP contribution in [0.2, 0.25) is 0 Å². The fraction of sp³-hybridized carbons (Fsp3) is 0.500. The largest absolute Gasteiger partial charge is 0.474 e. The molecule has 3 atom stereocenters. The molecule has 0 aromatic carbocycles. The summed E-state index contributed by atoms with van der Waals surface area (Å²) < 4.78 is 22.3. The van der Waals surface area contributed by atoms with Gasteiger partial charge in [-0.3, -0.25) is 14.0 Å². The molecule has 8 nitrogen and oxygen atoms in total. The van der Waals surface area contributed by atoms with Crippen LogP contribution in [0.5, 0.6) is 5.88 Å². The van der Waals surface area contributed by atoms with Gasteiger partial charge in [-0.15, -0.1) is 0 Å². The third kappa shape index (κ3) is 4.77. The number of hydrogen-bond donors (Lipinski definition) is 1. The molecule has 3 aromatic rings. The maximum absolute atomic E-state index is 13.5. The van der Waals surface area contributed by atoms with Gasteiger partial charge >= 0.3 is 0 Å². The van der Waals surface area contributed by atoms with Gasteiger partial charge < -0.3 is 14.6 Å². The van der Waals surface area contributed by atoms with Crippen molar-refractivity contribution in [3.05, 3.63) is 52.3 Å². The number of nitrogens with zero attached hydrogens (tertiary/aromatic N) is 4. The third-order valence-corrected chi connectivity index (χ3v) is 5.83. The Balaban J connectivity index is 1.69. The summed E-state index contributed by atoms with van der Waals surface area (Å²) in [6.45, 7) is 7.96. The van der Waals surface area contributed by atoms with Gasteiger partial charge in [-0.25, -0.2) is 9.37 Å². The van der Waals surface area contributed by atoms with E-state index >= 15 is 0 Å². The molecule has 1 saturated carbocycles. The fourth-order valence-electron chi connectivity index (χ4n) is 4.00. The second-order valence-corrected chi connectivity index (χ2v) is 8.80. The number of fused-ring (bicyclic) bond motifs is 1. The number of rotatable bonds is 9. The second-order valence-electron chi connectivity index (χ2n) is 8.80. The van der Waals surface area contributed by atoms with Gasteiger partial charge in [0.2, 0.25) is 11.7 Å². The molecule has 3 heterocycles. The van der Waals surface area contributed by atoms with Gasteiger partial charge in [-0.2, -0.15) is 4.98 Å². The van der Waals surface area contributed by atoms with Gasteiger partial charge in [0.05, 0.1) is 17.8 Å². The molecule has 0 bridgehead atoms. The summed E-state index contributed by atoms with van der Waals surface area (Å²) in [7, 11) is 0. The van der Waals surface area contributed by atoms with Crippen LogP contribution in [0.3, 0.4) is 0 Å². The minimum Gasteiger partial charge on any atom is -0.474 e. The van der Waals surface area contributed by atoms with Gasteiger partial charge in [0.25, 0.3) is 11.5 Å². The Morgan fingerprint density at radius 2 is 2.06 bits per heavy atom. The van der Waals surface area contributed by atoms with E-state index in [9.17, 15) is 14.0 Å². The summed E-state index contributed by atoms with van der Waals surface area (Å²) >= 11 is 0. The van der Waals surface area contributed by atoms with E-state index in [1.54, 1.807) is 16.7 Å². The van der Waals surface area contributed by atoms with Crippen molar-refractivity contribution < 1.29 is 13.9 Å². The molecule has 1 unspecified atom stereocenters. The first-order valence-electron chi connectivity index (χ1n) is 11.5. The van der Waals surface area contributed by atoms with Crippen LogP contribution in [0, 0.1) is 0 Å². The number of nitrogens with one attached hydrogen (secondary N) is 1. The number of ether oxygens (including phenoxy) is 1. The SMILES string of the molecule is CCCC(CC)c1cn2cc(C(=O)Nc3cccn([C@H]4C[C@H]4F)c3=O)c(OC(C)C)nc2n1. The van der Waals surface area contributed by atoms with Crippen LogP contribution in [-0.2, 0) is 0 Å². The summed E-state index contributed by atoms with van der Waals surface area (Å²) in [5.41, 5.74) is 0.758. The maximum Gasteiger partial charge on any atom is 0.274 e. The zero-order chi connectivity index (χ0) is 23.7. The Kier molecular flexibility index (Phi) is 6.49. The van der Waals surface area contributed by atoms with E-state index in [2.05, 4.69) is 29.1 Å². The van der Waals surface area contributed by atoms with Crippen LogP contribution in [0.4, 0.5) is 10.1 Å². The van der Waals surface area contributed by atoms with Crippen molar-refractivity contribution in [3.63, 3.8) is 0 Å². The lowest BCUT2D eigenvalue weighted by Crippen LogP contribution is -2.26. The lowest BCUT2D eigenvalue weighted by molar-refractivity contribution is 0.101. The molecule has 0 saturated heterocycles. The Morgan fingerprint density at radius 1 is 1.30 bits per heavy atom. The monoisotopic (exact) mass is 455 g/mol. The summed E-state index contributed by atoms with van der Waals surface area (Å²) in [4.78, 5) is 35.1. The Hall–Kier alpha value is -3.23. The van der Waals surface area contributed by atoms with Gasteiger partial charge in [0.15, 0.2) is 0 Å². The summed E-state index contributed by atoms with van der Waals surface area (Å²) in [6, 6.07) is 2.66. The maximum atomic E-state index is 13.5. The zero-order valence-electron chi connectivity index (χ0n) is 19.4. The first-order valence-corrected chi connectivity index (χ1v) is 11.5. The summed E-state index contributed by atoms with van der Waals surface area (Å²) in [5.74, 6) is 0.390. The number of carbonyl (C=O) groups excluding carboxylic acids is 1. The number of pyridine rings is 1. The molecule has 0 spiro atoms. The van der Waals surface area contributed by atoms with Crippen LogP contribution < -0.4 is 15.6 Å². The van der Waals surface area contributed by atoms with Crippen molar-refractivity contribution in [2.24, 2.45) is 0 Å². The van der Waals surface area contributed by atoms with E-state index in [0.717, 1.165) is 25.0 Å². The standard InChI is InChI=1S/C24H30FN5O3/c1-5-8-15(6-2)19-13-29-12-16(22(33-14(3)4)28-24(29)27-19)21(31)26-18-9-7-10-30(23(18)32)20-11-17(20)25/h7,9-10,12-15,17,20H,5-6,8,11H2,1-4H3,(H,26,31)/t15?,17-,20+/m1/s1. The van der Waals surface area contributed by atoms with Crippen molar-refractivity contribution in [1.82, 2.24) is 18.9 Å². The zero-order valence-corrected chi connectivity index (χ0v) is 19.4. The van der Waals surface area contributed by atoms with E-state index < -0.39 is 23.7 Å². The highest BCUT2D eigenvalue weighted by Crippen LogP contribution is 2.37. The molecule has 3 aromatic heterocycles. The van der Waals surface area contributed by atoms with Crippen LogP contribution in [-0.4, -0.2) is 37.1 Å². The highest BCUT2D eigenvalue weighted by atomic mass is 19.1. The van der Waals surface area contributed by atoms with Crippen molar-refractivity contribution in [2.45, 2.75) is 77.6 Å². The lowest BCUT2D eigenvalue weighted by atomic mass is 9.98. The summed E-state index contributed by atoms with van der Waals surface area (Å²) in [5, 5.41) is 2.66. The van der Waals surface area contributed by atoms with E-state index in [-0.39, 0.29) is 23.2 Å². The molecule has 176 valence electrons. The van der Waals surface area contributed by atoms with Crippen LogP contribution >= 0.6 is 0 Å². The number of imidazole rings is 1. The highest BCUT2D eigenvalue weighted by molar-refractivity contribution is 6.05. The average Bonchev–Trinajstić information content (AvgIpc) is 3.35. The average molecular weight is 456 g/mol. The molecule has 1 amide bonds. The number of anilines is 1. The number of alkyl halides is 1. The molecule has 4 rings (SSSR count). The van der Waals surface area contributed by atoms with Crippen molar-refractivity contribution >= 4 is 17.4 Å². The van der Waals surface area contributed by atoms with Crippen LogP contribution in [0.15, 0.2) is 35.5 Å². The Morgan fingerprint density at radius 3 is 2.70 bits per heavy atom. The van der Waals surface area contributed by atoms with Gasteiger partial charge in [0.1, 0.15) is 17.4 Å². The molecule has 33 heavy (non-hydrogen) atoms. The van der Waals surface area contributed by atoms with E-state index in [4.69, 9.17) is 4.74 Å². The fourth-order valence-corrected chi connectivity index (χ4v) is 4.00. The molecular weight excluding hydrogens is 425 g/mol. The molecule has 1 N–H and O–H groups in total. The summed E-state index contributed by atoms with van der Waals surface area (Å²) in [6.07, 6.45) is 7.16. The van der Waals surface area contributed by atoms with E-state index in [1.165, 1.54) is 16.8 Å². The van der Waals surface area contributed by atoms with Crippen LogP contribution in [0.1, 0.15) is 81.4 Å².